The lowest BCUT2D eigenvalue weighted by molar-refractivity contribution is -0.131. The molecule has 0 aliphatic carbocycles. The van der Waals surface area contributed by atoms with Crippen molar-refractivity contribution in [3.8, 4) is 0 Å². The summed E-state index contributed by atoms with van der Waals surface area (Å²) in [6.45, 7) is 2.97. The molecule has 0 aromatic rings. The Bertz CT molecular complexity index is 74.8. The Labute approximate surface area is 40.9 Å². The predicted molar refractivity (Wildman–Crippen MR) is 24.1 cm³/mol. The van der Waals surface area contributed by atoms with Gasteiger partial charge in [-0.2, -0.15) is 0 Å². The van der Waals surface area contributed by atoms with E-state index in [0.717, 1.165) is 0 Å². The fourth-order valence-electron chi connectivity index (χ4n) is 0. The molecule has 0 spiro atoms. The second-order valence-electron chi connectivity index (χ2n) is 0.728. The van der Waals surface area contributed by atoms with Gasteiger partial charge in [-0.25, -0.2) is 4.79 Å². The van der Waals surface area contributed by atoms with Gasteiger partial charge < -0.3 is 17.7 Å². The minimum absolute atomic E-state index is 0.241. The number of hydrogen-bond acceptors (Lipinski definition) is 2. The van der Waals surface area contributed by atoms with Crippen LogP contribution in [-0.4, -0.2) is 11.1 Å². The molecule has 0 aromatic heterocycles. The molecule has 0 rings (SSSR count). The fraction of sp³-hybridized carbons (Fsp3) is 0. The molecule has 0 amide bonds. The van der Waals surface area contributed by atoms with E-state index in [0.29, 0.717) is 0 Å². The topological polar surface area (TPSA) is 37.3 Å². The van der Waals surface area contributed by atoms with Crippen molar-refractivity contribution in [3.63, 3.8) is 0 Å². The zero-order valence-corrected chi connectivity index (χ0v) is 3.79. The maximum absolute atomic E-state index is 9.50. The van der Waals surface area contributed by atoms with Crippen LogP contribution in [-0.2, 0) is 17.4 Å². The molecule has 0 radical (unpaired) electrons. The van der Waals surface area contributed by atoms with E-state index in [2.05, 4.69) is 19.2 Å². The molecule has 1 N–H and O–H groups in total. The quantitative estimate of drug-likeness (QED) is 0.378. The summed E-state index contributed by atoms with van der Waals surface area (Å²) in [4.78, 5) is 9.25. The van der Waals surface area contributed by atoms with Crippen LogP contribution in [0.25, 0.3) is 0 Å². The summed E-state index contributed by atoms with van der Waals surface area (Å²) in [6, 6.07) is 0. The van der Waals surface area contributed by atoms with E-state index in [9.17, 15) is 4.79 Å². The highest BCUT2D eigenvalue weighted by Crippen LogP contribution is 1.78. The molecule has 0 saturated heterocycles. The molecule has 0 aliphatic rings. The Hall–Kier alpha value is -0.570. The van der Waals surface area contributed by atoms with Crippen LogP contribution in [0.5, 0.6) is 0 Å². The summed E-state index contributed by atoms with van der Waals surface area (Å²) in [5, 5.41) is 7.79. The molecule has 0 aromatic carbocycles. The van der Waals surface area contributed by atoms with Gasteiger partial charge in [0.1, 0.15) is 0 Å². The number of carboxylic acid groups (broad SMARTS) is 1. The summed E-state index contributed by atoms with van der Waals surface area (Å²) in [5.41, 5.74) is 0. The molecule has 0 heterocycles. The maximum atomic E-state index is 9.50. The standard InChI is InChI=1S/C3H4O2S/c1-2(6)3(4)5/h6H,1H2,(H,4,5)/p-1. The van der Waals surface area contributed by atoms with Crippen LogP contribution in [0, 0.1) is 0 Å². The third-order valence-electron chi connectivity index (χ3n) is 0.239. The summed E-state index contributed by atoms with van der Waals surface area (Å²) in [6.07, 6.45) is 0. The summed E-state index contributed by atoms with van der Waals surface area (Å²) >= 11 is 4.11. The van der Waals surface area contributed by atoms with Crippen molar-refractivity contribution in [1.82, 2.24) is 0 Å². The van der Waals surface area contributed by atoms with Gasteiger partial charge in [-0.1, -0.05) is 4.91 Å². The molecule has 3 heteroatoms. The summed E-state index contributed by atoms with van der Waals surface area (Å²) < 4.78 is 0. The van der Waals surface area contributed by atoms with Gasteiger partial charge in [-0.15, -0.1) is 6.58 Å². The van der Waals surface area contributed by atoms with Gasteiger partial charge in [0.15, 0.2) is 0 Å². The minimum atomic E-state index is -1.12. The van der Waals surface area contributed by atoms with Crippen LogP contribution in [0.3, 0.4) is 0 Å². The number of hydrogen-bond donors (Lipinski definition) is 1. The van der Waals surface area contributed by atoms with Gasteiger partial charge in [0.05, 0.1) is 0 Å². The van der Waals surface area contributed by atoms with E-state index < -0.39 is 5.97 Å². The second-order valence-corrected chi connectivity index (χ2v) is 1.22. The van der Waals surface area contributed by atoms with Crippen molar-refractivity contribution in [2.45, 2.75) is 0 Å². The second kappa shape index (κ2) is 1.77. The maximum Gasteiger partial charge on any atom is 0.308 e. The lowest BCUT2D eigenvalue weighted by atomic mass is 10.7. The fourth-order valence-corrected chi connectivity index (χ4v) is 0. The number of rotatable bonds is 1. The zero-order valence-electron chi connectivity index (χ0n) is 2.97. The van der Waals surface area contributed by atoms with Crippen LogP contribution < -0.4 is 0 Å². The van der Waals surface area contributed by atoms with Gasteiger partial charge in [0.25, 0.3) is 0 Å². The number of aliphatic carboxylic acids is 1. The first-order valence-electron chi connectivity index (χ1n) is 1.24. The van der Waals surface area contributed by atoms with Crippen molar-refractivity contribution in [1.29, 1.82) is 0 Å². The Morgan fingerprint density at radius 3 is 2.00 bits per heavy atom. The van der Waals surface area contributed by atoms with E-state index in [4.69, 9.17) is 5.11 Å². The number of carbonyl (C=O) groups is 1. The van der Waals surface area contributed by atoms with Crippen molar-refractivity contribution >= 4 is 18.6 Å². The lowest BCUT2D eigenvalue weighted by Gasteiger charge is -1.97. The van der Waals surface area contributed by atoms with Gasteiger partial charge in [0.2, 0.25) is 0 Å². The highest BCUT2D eigenvalue weighted by atomic mass is 32.1. The van der Waals surface area contributed by atoms with E-state index in [1.165, 1.54) is 0 Å². The third kappa shape index (κ3) is 1.72. The molecular formula is C3H3O2S-. The third-order valence-corrected chi connectivity index (χ3v) is 0.413. The first kappa shape index (κ1) is 5.43. The van der Waals surface area contributed by atoms with Gasteiger partial charge in [-0.05, 0) is 0 Å². The van der Waals surface area contributed by atoms with Crippen molar-refractivity contribution in [2.75, 3.05) is 0 Å². The van der Waals surface area contributed by atoms with Gasteiger partial charge in [-0.3, -0.25) is 0 Å². The van der Waals surface area contributed by atoms with E-state index >= 15 is 0 Å². The molecule has 0 atom stereocenters. The van der Waals surface area contributed by atoms with E-state index in [1.54, 1.807) is 0 Å². The molecule has 0 fully saturated rings. The Kier molecular flexibility index (Phi) is 1.60. The minimum Gasteiger partial charge on any atom is -0.773 e. The Balaban J connectivity index is 3.57. The molecule has 0 bridgehead atoms. The Morgan fingerprint density at radius 1 is 1.83 bits per heavy atom. The largest absolute Gasteiger partial charge is 0.773 e. The predicted octanol–water partition coefficient (Wildman–Crippen LogP) is 0.132. The molecular weight excluding hydrogens is 100 g/mol. The zero-order chi connectivity index (χ0) is 5.15. The van der Waals surface area contributed by atoms with Crippen molar-refractivity contribution in [3.05, 3.63) is 11.5 Å². The van der Waals surface area contributed by atoms with Crippen LogP contribution in [0.1, 0.15) is 0 Å². The van der Waals surface area contributed by atoms with E-state index in [-0.39, 0.29) is 4.91 Å². The Morgan fingerprint density at radius 2 is 2.00 bits per heavy atom. The van der Waals surface area contributed by atoms with Gasteiger partial charge >= 0.3 is 5.97 Å². The monoisotopic (exact) mass is 103 g/mol. The van der Waals surface area contributed by atoms with Crippen LogP contribution in [0.4, 0.5) is 0 Å². The van der Waals surface area contributed by atoms with Gasteiger partial charge in [0, 0.05) is 0 Å². The molecule has 0 saturated carbocycles. The van der Waals surface area contributed by atoms with Crippen LogP contribution in [0.15, 0.2) is 11.5 Å². The lowest BCUT2D eigenvalue weighted by Crippen LogP contribution is -1.93. The molecule has 2 nitrogen and oxygen atoms in total. The highest BCUT2D eigenvalue weighted by molar-refractivity contribution is 7.64. The van der Waals surface area contributed by atoms with E-state index in [1.807, 2.05) is 0 Å². The van der Waals surface area contributed by atoms with Crippen LogP contribution >= 0.6 is 0 Å². The average molecular weight is 103 g/mol. The SMILES string of the molecule is C=C([S-])C(=O)O. The molecule has 34 valence electrons. The van der Waals surface area contributed by atoms with Crippen LogP contribution in [0.2, 0.25) is 0 Å². The first-order chi connectivity index (χ1) is 2.64. The summed E-state index contributed by atoms with van der Waals surface area (Å²) in [7, 11) is 0. The number of carboxylic acids is 1. The normalized spacial score (nSPS) is 7.33. The van der Waals surface area contributed by atoms with Crippen molar-refractivity contribution < 1.29 is 9.90 Å². The highest BCUT2D eigenvalue weighted by Gasteiger charge is 1.80. The summed E-state index contributed by atoms with van der Waals surface area (Å²) in [5.74, 6) is -1.12. The first-order valence-corrected chi connectivity index (χ1v) is 1.64. The smallest absolute Gasteiger partial charge is 0.308 e. The molecule has 0 aliphatic heterocycles. The molecule has 6 heavy (non-hydrogen) atoms. The van der Waals surface area contributed by atoms with Crippen molar-refractivity contribution in [2.24, 2.45) is 0 Å². The average Bonchev–Trinajstić information content (AvgIpc) is 1.36. The molecule has 0 unspecified atom stereocenters.